The van der Waals surface area contributed by atoms with Crippen molar-refractivity contribution in [1.29, 1.82) is 0 Å². The Labute approximate surface area is 170 Å². The van der Waals surface area contributed by atoms with E-state index in [0.717, 1.165) is 29.7 Å². The molecule has 9 heteroatoms. The van der Waals surface area contributed by atoms with Crippen LogP contribution in [0.4, 0.5) is 9.93 Å². The van der Waals surface area contributed by atoms with Gasteiger partial charge in [-0.2, -0.15) is 0 Å². The van der Waals surface area contributed by atoms with E-state index in [1.165, 1.54) is 4.88 Å². The first-order valence-corrected chi connectivity index (χ1v) is 10.3. The molecule has 140 valence electrons. The molecule has 0 fully saturated rings. The van der Waals surface area contributed by atoms with E-state index < -0.39 is 0 Å². The SMILES string of the molecule is CN1CCc2nc(NC(=O)NCCCOc3ccc(Br)cc3Cl)sc2C1. The number of carbonyl (C=O) groups is 1. The largest absolute Gasteiger partial charge is 0.492 e. The number of aromatic nitrogens is 1. The molecule has 0 bridgehead atoms. The maximum Gasteiger partial charge on any atom is 0.321 e. The van der Waals surface area contributed by atoms with Crippen molar-refractivity contribution < 1.29 is 9.53 Å². The first-order valence-electron chi connectivity index (χ1n) is 8.31. The predicted molar refractivity (Wildman–Crippen MR) is 108 cm³/mol. The van der Waals surface area contributed by atoms with E-state index in [0.29, 0.717) is 35.5 Å². The van der Waals surface area contributed by atoms with E-state index >= 15 is 0 Å². The summed E-state index contributed by atoms with van der Waals surface area (Å²) in [7, 11) is 2.09. The number of nitrogens with zero attached hydrogens (tertiary/aromatic N) is 2. The third kappa shape index (κ3) is 5.33. The molecule has 1 aliphatic heterocycles. The van der Waals surface area contributed by atoms with Gasteiger partial charge in [0.2, 0.25) is 0 Å². The Balaban J connectivity index is 1.37. The van der Waals surface area contributed by atoms with Crippen LogP contribution in [0.1, 0.15) is 17.0 Å². The van der Waals surface area contributed by atoms with Crippen LogP contribution in [0.2, 0.25) is 5.02 Å². The molecule has 0 aliphatic carbocycles. The van der Waals surface area contributed by atoms with E-state index in [-0.39, 0.29) is 6.03 Å². The zero-order valence-corrected chi connectivity index (χ0v) is 17.5. The van der Waals surface area contributed by atoms with Crippen molar-refractivity contribution in [2.45, 2.75) is 19.4 Å². The summed E-state index contributed by atoms with van der Waals surface area (Å²) < 4.78 is 6.52. The molecule has 1 aromatic heterocycles. The topological polar surface area (TPSA) is 66.5 Å². The smallest absolute Gasteiger partial charge is 0.321 e. The highest BCUT2D eigenvalue weighted by Gasteiger charge is 2.18. The number of likely N-dealkylation sites (N-methyl/N-ethyl adjacent to an activating group) is 1. The van der Waals surface area contributed by atoms with Crippen molar-refractivity contribution in [3.63, 3.8) is 0 Å². The number of hydrogen-bond acceptors (Lipinski definition) is 5. The van der Waals surface area contributed by atoms with E-state index in [1.54, 1.807) is 17.4 Å². The van der Waals surface area contributed by atoms with E-state index in [2.05, 4.69) is 43.5 Å². The molecule has 0 atom stereocenters. The van der Waals surface area contributed by atoms with Crippen molar-refractivity contribution in [2.24, 2.45) is 0 Å². The molecule has 0 spiro atoms. The Morgan fingerprint density at radius 3 is 3.15 bits per heavy atom. The summed E-state index contributed by atoms with van der Waals surface area (Å²) in [6.07, 6.45) is 1.61. The van der Waals surface area contributed by atoms with Crippen molar-refractivity contribution in [1.82, 2.24) is 15.2 Å². The summed E-state index contributed by atoms with van der Waals surface area (Å²) >= 11 is 11.0. The number of urea groups is 1. The van der Waals surface area contributed by atoms with Crippen LogP contribution >= 0.6 is 38.9 Å². The number of benzene rings is 1. The third-order valence-corrected chi connectivity index (χ3v) is 5.69. The lowest BCUT2D eigenvalue weighted by atomic mass is 10.2. The Morgan fingerprint density at radius 2 is 2.35 bits per heavy atom. The van der Waals surface area contributed by atoms with E-state index in [4.69, 9.17) is 16.3 Å². The lowest BCUT2D eigenvalue weighted by Gasteiger charge is -2.20. The van der Waals surface area contributed by atoms with Crippen molar-refractivity contribution in [2.75, 3.05) is 32.1 Å². The zero-order valence-electron chi connectivity index (χ0n) is 14.3. The van der Waals surface area contributed by atoms with Crippen LogP contribution < -0.4 is 15.4 Å². The lowest BCUT2D eigenvalue weighted by Crippen LogP contribution is -2.30. The summed E-state index contributed by atoms with van der Waals surface area (Å²) in [6, 6.07) is 5.23. The number of carbonyl (C=O) groups excluding carboxylic acids is 1. The lowest BCUT2D eigenvalue weighted by molar-refractivity contribution is 0.250. The van der Waals surface area contributed by atoms with Gasteiger partial charge in [-0.05, 0) is 31.7 Å². The molecular formula is C17H20BrClN4O2S. The minimum absolute atomic E-state index is 0.244. The Bertz CT molecular complexity index is 786. The van der Waals surface area contributed by atoms with Crippen LogP contribution in [0.15, 0.2) is 22.7 Å². The van der Waals surface area contributed by atoms with Crippen molar-refractivity contribution >= 4 is 50.0 Å². The molecule has 2 N–H and O–H groups in total. The number of thiazole rings is 1. The van der Waals surface area contributed by atoms with Gasteiger partial charge in [-0.3, -0.25) is 5.32 Å². The highest BCUT2D eigenvalue weighted by atomic mass is 79.9. The summed E-state index contributed by atoms with van der Waals surface area (Å²) in [6.45, 7) is 2.88. The molecule has 2 heterocycles. The number of amides is 2. The van der Waals surface area contributed by atoms with Gasteiger partial charge in [0.1, 0.15) is 5.75 Å². The maximum atomic E-state index is 12.0. The Kier molecular flexibility index (Phi) is 6.74. The molecule has 2 aromatic rings. The molecule has 6 nitrogen and oxygen atoms in total. The van der Waals surface area contributed by atoms with Crippen LogP contribution in [0, 0.1) is 0 Å². The van der Waals surface area contributed by atoms with Crippen LogP contribution in [0.25, 0.3) is 0 Å². The second-order valence-electron chi connectivity index (χ2n) is 6.03. The second kappa shape index (κ2) is 9.03. The van der Waals surface area contributed by atoms with Crippen LogP contribution in [0.5, 0.6) is 5.75 Å². The van der Waals surface area contributed by atoms with Crippen LogP contribution in [-0.2, 0) is 13.0 Å². The average Bonchev–Trinajstić information content (AvgIpc) is 2.97. The van der Waals surface area contributed by atoms with Gasteiger partial charge < -0.3 is 15.0 Å². The first-order chi connectivity index (χ1) is 12.5. The molecule has 26 heavy (non-hydrogen) atoms. The maximum absolute atomic E-state index is 12.0. The van der Waals surface area contributed by atoms with Gasteiger partial charge in [-0.15, -0.1) is 11.3 Å². The fourth-order valence-electron chi connectivity index (χ4n) is 2.57. The summed E-state index contributed by atoms with van der Waals surface area (Å²) in [5, 5.41) is 6.84. The Hall–Kier alpha value is -1.35. The molecule has 1 aliphatic rings. The van der Waals surface area contributed by atoms with Gasteiger partial charge in [-0.1, -0.05) is 27.5 Å². The molecule has 0 unspecified atom stereocenters. The number of hydrogen-bond donors (Lipinski definition) is 2. The van der Waals surface area contributed by atoms with Crippen LogP contribution in [0.3, 0.4) is 0 Å². The number of fused-ring (bicyclic) bond motifs is 1. The molecular weight excluding hydrogens is 440 g/mol. The average molecular weight is 460 g/mol. The van der Waals surface area contributed by atoms with Crippen molar-refractivity contribution in [3.8, 4) is 5.75 Å². The molecule has 0 saturated carbocycles. The zero-order chi connectivity index (χ0) is 18.5. The molecule has 0 radical (unpaired) electrons. The number of nitrogens with one attached hydrogen (secondary N) is 2. The van der Waals surface area contributed by atoms with E-state index in [9.17, 15) is 4.79 Å². The second-order valence-corrected chi connectivity index (χ2v) is 8.44. The number of ether oxygens (including phenoxy) is 1. The predicted octanol–water partition coefficient (Wildman–Crippen LogP) is 4.14. The summed E-state index contributed by atoms with van der Waals surface area (Å²) in [4.78, 5) is 20.0. The first kappa shape index (κ1) is 19.4. The molecule has 3 rings (SSSR count). The molecule has 1 aromatic carbocycles. The highest BCUT2D eigenvalue weighted by molar-refractivity contribution is 9.10. The summed E-state index contributed by atoms with van der Waals surface area (Å²) in [5.74, 6) is 0.637. The number of halogens is 2. The minimum Gasteiger partial charge on any atom is -0.492 e. The van der Waals surface area contributed by atoms with Gasteiger partial charge in [0.25, 0.3) is 0 Å². The van der Waals surface area contributed by atoms with Crippen LogP contribution in [-0.4, -0.2) is 42.7 Å². The quantitative estimate of drug-likeness (QED) is 0.637. The highest BCUT2D eigenvalue weighted by Crippen LogP contribution is 2.28. The Morgan fingerprint density at radius 1 is 1.50 bits per heavy atom. The normalized spacial score (nSPS) is 14.0. The summed E-state index contributed by atoms with van der Waals surface area (Å²) in [5.41, 5.74) is 1.10. The third-order valence-electron chi connectivity index (χ3n) is 3.90. The van der Waals surface area contributed by atoms with Gasteiger partial charge in [0.05, 0.1) is 17.3 Å². The number of rotatable bonds is 6. The van der Waals surface area contributed by atoms with E-state index in [1.807, 2.05) is 12.1 Å². The van der Waals surface area contributed by atoms with Gasteiger partial charge >= 0.3 is 6.03 Å². The number of anilines is 1. The van der Waals surface area contributed by atoms with Gasteiger partial charge in [0.15, 0.2) is 5.13 Å². The standard InChI is InChI=1S/C17H20BrClN4O2S/c1-23-7-5-13-15(10-23)26-17(21-13)22-16(24)20-6-2-8-25-14-4-3-11(18)9-12(14)19/h3-4,9H,2,5-8,10H2,1H3,(H2,20,21,22,24). The van der Waals surface area contributed by atoms with Crippen molar-refractivity contribution in [3.05, 3.63) is 38.3 Å². The fourth-order valence-corrected chi connectivity index (χ4v) is 4.38. The van der Waals surface area contributed by atoms with Gasteiger partial charge in [0, 0.05) is 35.4 Å². The molecule has 0 saturated heterocycles. The fraction of sp³-hybridized carbons (Fsp3) is 0.412. The van der Waals surface area contributed by atoms with Gasteiger partial charge in [-0.25, -0.2) is 9.78 Å². The minimum atomic E-state index is -0.244. The molecule has 2 amide bonds. The monoisotopic (exact) mass is 458 g/mol.